The molecule has 0 radical (unpaired) electrons. The molecular weight excluding hydrogens is 398 g/mol. The third-order valence-corrected chi connectivity index (χ3v) is 4.64. The molecule has 5 nitrogen and oxygen atoms in total. The molecule has 0 fully saturated rings. The van der Waals surface area contributed by atoms with Crippen LogP contribution in [0.5, 0.6) is 0 Å². The number of aromatic amines is 1. The van der Waals surface area contributed by atoms with Crippen molar-refractivity contribution >= 4 is 11.0 Å². The van der Waals surface area contributed by atoms with Crippen LogP contribution in [0.15, 0.2) is 48.8 Å². The van der Waals surface area contributed by atoms with E-state index in [0.29, 0.717) is 22.2 Å². The lowest BCUT2D eigenvalue weighted by Crippen LogP contribution is -2.10. The molecule has 3 heterocycles. The number of H-pyrrole nitrogens is 1. The Morgan fingerprint density at radius 2 is 1.83 bits per heavy atom. The van der Waals surface area contributed by atoms with E-state index in [-0.39, 0.29) is 22.5 Å². The normalized spacial score (nSPS) is 11.6. The number of aromatic nitrogens is 4. The molecule has 4 aromatic rings. The molecule has 9 heteroatoms. The Kier molecular flexibility index (Phi) is 4.91. The van der Waals surface area contributed by atoms with Crippen LogP contribution >= 0.6 is 0 Å². The second-order valence-electron chi connectivity index (χ2n) is 6.59. The molecule has 0 saturated heterocycles. The van der Waals surface area contributed by atoms with Gasteiger partial charge in [-0.2, -0.15) is 23.5 Å². The monoisotopic (exact) mass is 411 g/mol. The molecule has 0 aliphatic heterocycles. The van der Waals surface area contributed by atoms with E-state index in [0.717, 1.165) is 0 Å². The molecule has 1 aromatic carbocycles. The number of nitrogens with one attached hydrogen (secondary N) is 1. The van der Waals surface area contributed by atoms with Gasteiger partial charge in [0.25, 0.3) is 0 Å². The van der Waals surface area contributed by atoms with Gasteiger partial charge < -0.3 is 0 Å². The summed E-state index contributed by atoms with van der Waals surface area (Å²) in [6.45, 7) is 0. The van der Waals surface area contributed by atoms with Gasteiger partial charge in [0.15, 0.2) is 5.65 Å². The third kappa shape index (κ3) is 3.72. The van der Waals surface area contributed by atoms with Gasteiger partial charge in [-0.15, -0.1) is 0 Å². The number of halogens is 4. The zero-order chi connectivity index (χ0) is 21.3. The number of pyridine rings is 2. The van der Waals surface area contributed by atoms with Gasteiger partial charge in [0.1, 0.15) is 11.9 Å². The molecule has 0 aliphatic rings. The highest BCUT2D eigenvalue weighted by atomic mass is 19.4. The SMILES string of the molecule is N#Cc1c(-c2ccc(F)cc2)nc2n[nH]c(-c3cccnc3)c2c1CCC(F)(F)F. The molecule has 0 amide bonds. The van der Waals surface area contributed by atoms with Crippen LogP contribution < -0.4 is 0 Å². The van der Waals surface area contributed by atoms with Crippen molar-refractivity contribution in [1.82, 2.24) is 20.2 Å². The van der Waals surface area contributed by atoms with Gasteiger partial charge in [-0.3, -0.25) is 10.1 Å². The number of benzene rings is 1. The molecule has 0 bridgehead atoms. The zero-order valence-electron chi connectivity index (χ0n) is 15.3. The van der Waals surface area contributed by atoms with Crippen molar-refractivity contribution in [2.24, 2.45) is 0 Å². The van der Waals surface area contributed by atoms with Crippen LogP contribution in [0.3, 0.4) is 0 Å². The summed E-state index contributed by atoms with van der Waals surface area (Å²) in [6, 6.07) is 10.6. The third-order valence-electron chi connectivity index (χ3n) is 4.64. The first-order valence-corrected chi connectivity index (χ1v) is 8.91. The molecule has 0 atom stereocenters. The highest BCUT2D eigenvalue weighted by Crippen LogP contribution is 2.36. The first-order valence-electron chi connectivity index (χ1n) is 8.91. The van der Waals surface area contributed by atoms with E-state index in [1.807, 2.05) is 6.07 Å². The van der Waals surface area contributed by atoms with Crippen molar-refractivity contribution in [2.45, 2.75) is 19.0 Å². The maximum Gasteiger partial charge on any atom is 0.389 e. The zero-order valence-corrected chi connectivity index (χ0v) is 15.3. The van der Waals surface area contributed by atoms with E-state index >= 15 is 0 Å². The van der Waals surface area contributed by atoms with Crippen molar-refractivity contribution in [3.8, 4) is 28.6 Å². The molecule has 0 aliphatic carbocycles. The average molecular weight is 411 g/mol. The fraction of sp³-hybridized carbons (Fsp3) is 0.143. The van der Waals surface area contributed by atoms with Crippen molar-refractivity contribution in [1.29, 1.82) is 5.26 Å². The van der Waals surface area contributed by atoms with Crippen LogP contribution in [0.1, 0.15) is 17.5 Å². The molecule has 3 aromatic heterocycles. The average Bonchev–Trinajstić information content (AvgIpc) is 3.16. The van der Waals surface area contributed by atoms with E-state index in [1.165, 1.54) is 24.3 Å². The van der Waals surface area contributed by atoms with Gasteiger partial charge in [-0.25, -0.2) is 9.37 Å². The van der Waals surface area contributed by atoms with E-state index in [2.05, 4.69) is 20.2 Å². The van der Waals surface area contributed by atoms with E-state index in [9.17, 15) is 22.8 Å². The highest BCUT2D eigenvalue weighted by molar-refractivity contribution is 5.96. The summed E-state index contributed by atoms with van der Waals surface area (Å²) in [5.41, 5.74) is 1.97. The largest absolute Gasteiger partial charge is 0.389 e. The molecular formula is C21H13F4N5. The van der Waals surface area contributed by atoms with E-state index in [4.69, 9.17) is 0 Å². The number of fused-ring (bicyclic) bond motifs is 1. The van der Waals surface area contributed by atoms with E-state index in [1.54, 1.807) is 24.5 Å². The van der Waals surface area contributed by atoms with Gasteiger partial charge in [0.05, 0.1) is 22.3 Å². The highest BCUT2D eigenvalue weighted by Gasteiger charge is 2.29. The van der Waals surface area contributed by atoms with Gasteiger partial charge in [-0.1, -0.05) is 0 Å². The lowest BCUT2D eigenvalue weighted by Gasteiger charge is -2.13. The molecule has 0 saturated carbocycles. The van der Waals surface area contributed by atoms with Crippen LogP contribution in [0, 0.1) is 17.1 Å². The number of aryl methyl sites for hydroxylation is 1. The Morgan fingerprint density at radius 3 is 2.47 bits per heavy atom. The summed E-state index contributed by atoms with van der Waals surface area (Å²) in [6.07, 6.45) is -2.83. The van der Waals surface area contributed by atoms with Crippen molar-refractivity contribution < 1.29 is 17.6 Å². The quantitative estimate of drug-likeness (QED) is 0.469. The maximum absolute atomic E-state index is 13.3. The Balaban J connectivity index is 2.00. The van der Waals surface area contributed by atoms with Crippen LogP contribution in [-0.4, -0.2) is 26.3 Å². The number of hydrogen-bond donors (Lipinski definition) is 1. The fourth-order valence-corrected chi connectivity index (χ4v) is 3.30. The lowest BCUT2D eigenvalue weighted by molar-refractivity contribution is -0.133. The van der Waals surface area contributed by atoms with E-state index < -0.39 is 24.8 Å². The number of rotatable bonds is 4. The fourth-order valence-electron chi connectivity index (χ4n) is 3.30. The Hall–Kier alpha value is -3.80. The van der Waals surface area contributed by atoms with Gasteiger partial charge in [0, 0.05) is 29.9 Å². The molecule has 0 spiro atoms. The number of alkyl halides is 3. The predicted molar refractivity (Wildman–Crippen MR) is 102 cm³/mol. The van der Waals surface area contributed by atoms with Gasteiger partial charge >= 0.3 is 6.18 Å². The minimum atomic E-state index is -4.41. The summed E-state index contributed by atoms with van der Waals surface area (Å²) in [5, 5.41) is 17.1. The summed E-state index contributed by atoms with van der Waals surface area (Å²) in [7, 11) is 0. The van der Waals surface area contributed by atoms with Crippen LogP contribution in [0.4, 0.5) is 17.6 Å². The summed E-state index contributed by atoms with van der Waals surface area (Å²) >= 11 is 0. The van der Waals surface area contributed by atoms with Crippen LogP contribution in [0.25, 0.3) is 33.5 Å². The summed E-state index contributed by atoms with van der Waals surface area (Å²) < 4.78 is 52.4. The predicted octanol–water partition coefficient (Wildman–Crippen LogP) is 5.19. The first kappa shape index (κ1) is 19.5. The van der Waals surface area contributed by atoms with Gasteiger partial charge in [-0.05, 0) is 48.4 Å². The Bertz CT molecular complexity index is 1240. The molecule has 0 unspecified atom stereocenters. The van der Waals surface area contributed by atoms with Crippen molar-refractivity contribution in [2.75, 3.05) is 0 Å². The second kappa shape index (κ2) is 7.55. The van der Waals surface area contributed by atoms with Crippen molar-refractivity contribution in [3.05, 3.63) is 65.7 Å². The van der Waals surface area contributed by atoms with Gasteiger partial charge in [0.2, 0.25) is 0 Å². The Labute approximate surface area is 168 Å². The number of nitrogens with zero attached hydrogens (tertiary/aromatic N) is 4. The maximum atomic E-state index is 13.3. The van der Waals surface area contributed by atoms with Crippen molar-refractivity contribution in [3.63, 3.8) is 0 Å². The number of nitriles is 1. The first-order chi connectivity index (χ1) is 14.4. The Morgan fingerprint density at radius 1 is 1.07 bits per heavy atom. The minimum Gasteiger partial charge on any atom is -0.275 e. The van der Waals surface area contributed by atoms with Crippen LogP contribution in [0.2, 0.25) is 0 Å². The smallest absolute Gasteiger partial charge is 0.275 e. The molecule has 1 N–H and O–H groups in total. The molecule has 4 rings (SSSR count). The topological polar surface area (TPSA) is 78.2 Å². The molecule has 30 heavy (non-hydrogen) atoms. The second-order valence-corrected chi connectivity index (χ2v) is 6.59. The van der Waals surface area contributed by atoms with Crippen LogP contribution in [-0.2, 0) is 6.42 Å². The lowest BCUT2D eigenvalue weighted by atomic mass is 9.94. The number of hydrogen-bond acceptors (Lipinski definition) is 4. The molecule has 150 valence electrons. The standard InChI is InChI=1S/C21H13F4N5/c22-14-5-3-12(4-6-14)18-16(10-26)15(7-8-21(23,24)25)17-19(29-30-20(17)28-18)13-2-1-9-27-11-13/h1-6,9,11H,7-8H2,(H,28,29,30). The minimum absolute atomic E-state index is 0.00454. The summed E-state index contributed by atoms with van der Waals surface area (Å²) in [5.74, 6) is -0.478. The summed E-state index contributed by atoms with van der Waals surface area (Å²) in [4.78, 5) is 8.44.